The summed E-state index contributed by atoms with van der Waals surface area (Å²) in [4.78, 5) is 34.6. The lowest BCUT2D eigenvalue weighted by molar-refractivity contribution is 0.178. The van der Waals surface area contributed by atoms with E-state index >= 15 is 0 Å². The van der Waals surface area contributed by atoms with E-state index in [-0.39, 0.29) is 17.3 Å². The molecule has 1 aliphatic heterocycles. The average molecular weight is 346 g/mol. The third-order valence-electron chi connectivity index (χ3n) is 4.34. The Morgan fingerprint density at radius 2 is 2.12 bits per heavy atom. The van der Waals surface area contributed by atoms with Gasteiger partial charge < -0.3 is 15.0 Å². The average Bonchev–Trinajstić information content (AvgIpc) is 3.05. The van der Waals surface area contributed by atoms with Crippen molar-refractivity contribution < 1.29 is 4.74 Å². The zero-order valence-electron chi connectivity index (χ0n) is 14.6. The van der Waals surface area contributed by atoms with Crippen molar-refractivity contribution in [1.82, 2.24) is 19.1 Å². The van der Waals surface area contributed by atoms with Crippen molar-refractivity contribution in [3.05, 3.63) is 45.0 Å². The Bertz CT molecular complexity index is 875. The minimum absolute atomic E-state index is 0.171. The first-order valence-corrected chi connectivity index (χ1v) is 8.09. The van der Waals surface area contributed by atoms with E-state index < -0.39 is 0 Å². The molecule has 0 radical (unpaired) electrons. The van der Waals surface area contributed by atoms with E-state index in [1.165, 1.54) is 17.7 Å². The third kappa shape index (κ3) is 3.55. The van der Waals surface area contributed by atoms with Gasteiger partial charge in [0.25, 0.3) is 5.56 Å². The Hall–Kier alpha value is -2.68. The van der Waals surface area contributed by atoms with E-state index in [4.69, 9.17) is 4.74 Å². The first-order valence-electron chi connectivity index (χ1n) is 8.09. The largest absolute Gasteiger partial charge is 0.377 e. The van der Waals surface area contributed by atoms with Crippen LogP contribution < -0.4 is 21.5 Å². The van der Waals surface area contributed by atoms with Crippen LogP contribution in [0.2, 0.25) is 0 Å². The molecule has 0 aromatic carbocycles. The zero-order chi connectivity index (χ0) is 18.0. The van der Waals surface area contributed by atoms with Gasteiger partial charge in [-0.15, -0.1) is 0 Å². The maximum absolute atomic E-state index is 12.1. The van der Waals surface area contributed by atoms with Gasteiger partial charge in [0.05, 0.1) is 0 Å². The van der Waals surface area contributed by atoms with Crippen LogP contribution in [0.5, 0.6) is 0 Å². The van der Waals surface area contributed by atoms with E-state index in [0.29, 0.717) is 24.8 Å². The summed E-state index contributed by atoms with van der Waals surface area (Å²) >= 11 is 0. The van der Waals surface area contributed by atoms with Crippen molar-refractivity contribution in [2.75, 3.05) is 30.4 Å². The highest BCUT2D eigenvalue weighted by Crippen LogP contribution is 2.19. The smallest absolute Gasteiger partial charge is 0.332 e. The molecule has 3 rings (SSSR count). The van der Waals surface area contributed by atoms with Crippen LogP contribution in [0.1, 0.15) is 12.2 Å². The molecular weight excluding hydrogens is 324 g/mol. The van der Waals surface area contributed by atoms with Crippen LogP contribution in [0.25, 0.3) is 0 Å². The second-order valence-electron chi connectivity index (χ2n) is 6.11. The molecule has 2 aromatic rings. The summed E-state index contributed by atoms with van der Waals surface area (Å²) in [5.41, 5.74) is -0.617. The molecule has 1 atom stereocenters. The number of nitrogens with zero attached hydrogens (tertiary/aromatic N) is 5. The van der Waals surface area contributed by atoms with Gasteiger partial charge in [-0.2, -0.15) is 0 Å². The second-order valence-corrected chi connectivity index (χ2v) is 6.11. The van der Waals surface area contributed by atoms with Gasteiger partial charge in [0.1, 0.15) is 18.2 Å². The molecule has 3 heterocycles. The molecule has 0 aliphatic carbocycles. The van der Waals surface area contributed by atoms with Crippen LogP contribution in [-0.4, -0.2) is 45.3 Å². The molecule has 0 bridgehead atoms. The first kappa shape index (κ1) is 17.2. The highest BCUT2D eigenvalue weighted by molar-refractivity contribution is 5.43. The van der Waals surface area contributed by atoms with E-state index in [1.807, 2.05) is 11.0 Å². The van der Waals surface area contributed by atoms with Crippen LogP contribution in [-0.2, 0) is 25.4 Å². The molecular formula is C16H22N6O3. The molecule has 1 aliphatic rings. The zero-order valence-corrected chi connectivity index (χ0v) is 14.6. The monoisotopic (exact) mass is 346 g/mol. The summed E-state index contributed by atoms with van der Waals surface area (Å²) in [6.45, 7) is 1.81. The Morgan fingerprint density at radius 1 is 1.32 bits per heavy atom. The van der Waals surface area contributed by atoms with Gasteiger partial charge in [0.2, 0.25) is 0 Å². The fourth-order valence-electron chi connectivity index (χ4n) is 3.00. The predicted octanol–water partition coefficient (Wildman–Crippen LogP) is -0.289. The van der Waals surface area contributed by atoms with Crippen molar-refractivity contribution in [1.29, 1.82) is 0 Å². The molecule has 0 unspecified atom stereocenters. The first-order chi connectivity index (χ1) is 12.0. The molecule has 1 saturated heterocycles. The van der Waals surface area contributed by atoms with Crippen molar-refractivity contribution >= 4 is 11.6 Å². The molecule has 0 spiro atoms. The maximum Gasteiger partial charge on any atom is 0.332 e. The number of ether oxygens (including phenoxy) is 1. The fraction of sp³-hybridized carbons (Fsp3) is 0.500. The van der Waals surface area contributed by atoms with Crippen molar-refractivity contribution in [3.8, 4) is 0 Å². The molecule has 0 amide bonds. The predicted molar refractivity (Wildman–Crippen MR) is 93.9 cm³/mol. The number of rotatable bonds is 5. The Kier molecular flexibility index (Phi) is 4.84. The molecule has 134 valence electrons. The number of aromatic nitrogens is 4. The number of hydrogen-bond acceptors (Lipinski definition) is 7. The Morgan fingerprint density at radius 3 is 2.88 bits per heavy atom. The van der Waals surface area contributed by atoms with Gasteiger partial charge in [-0.25, -0.2) is 14.8 Å². The minimum Gasteiger partial charge on any atom is -0.377 e. The summed E-state index contributed by atoms with van der Waals surface area (Å²) in [5, 5.41) is 3.38. The van der Waals surface area contributed by atoms with Crippen LogP contribution in [0, 0.1) is 0 Å². The molecule has 9 nitrogen and oxygen atoms in total. The van der Waals surface area contributed by atoms with Gasteiger partial charge in [-0.3, -0.25) is 13.9 Å². The SMILES string of the molecule is COCc1nccc(N[C@H]2CCN(c3cc(=O)n(C)c(=O)n3C)C2)n1. The summed E-state index contributed by atoms with van der Waals surface area (Å²) < 4.78 is 7.66. The molecule has 1 fully saturated rings. The molecule has 0 saturated carbocycles. The molecule has 25 heavy (non-hydrogen) atoms. The minimum atomic E-state index is -0.320. The molecule has 1 N–H and O–H groups in total. The van der Waals surface area contributed by atoms with Crippen LogP contribution in [0.15, 0.2) is 27.9 Å². The van der Waals surface area contributed by atoms with E-state index in [9.17, 15) is 9.59 Å². The van der Waals surface area contributed by atoms with Gasteiger partial charge in [0, 0.05) is 52.6 Å². The highest BCUT2D eigenvalue weighted by atomic mass is 16.5. The lowest BCUT2D eigenvalue weighted by Gasteiger charge is -2.21. The summed E-state index contributed by atoms with van der Waals surface area (Å²) in [5.74, 6) is 2.00. The Labute approximate surface area is 144 Å². The third-order valence-corrected chi connectivity index (χ3v) is 4.34. The van der Waals surface area contributed by atoms with Gasteiger partial charge in [0.15, 0.2) is 5.82 Å². The van der Waals surface area contributed by atoms with Gasteiger partial charge in [-0.05, 0) is 12.5 Å². The van der Waals surface area contributed by atoms with Crippen molar-refractivity contribution in [3.63, 3.8) is 0 Å². The summed E-state index contributed by atoms with van der Waals surface area (Å²) in [7, 11) is 4.77. The van der Waals surface area contributed by atoms with E-state index in [0.717, 1.165) is 23.4 Å². The number of nitrogens with one attached hydrogen (secondary N) is 1. The lowest BCUT2D eigenvalue weighted by Crippen LogP contribution is -2.40. The quantitative estimate of drug-likeness (QED) is 0.795. The number of methoxy groups -OCH3 is 1. The normalized spacial score (nSPS) is 17.1. The van der Waals surface area contributed by atoms with Crippen LogP contribution in [0.4, 0.5) is 11.6 Å². The summed E-state index contributed by atoms with van der Waals surface area (Å²) in [6.07, 6.45) is 2.58. The molecule has 2 aromatic heterocycles. The lowest BCUT2D eigenvalue weighted by atomic mass is 10.2. The van der Waals surface area contributed by atoms with Crippen LogP contribution >= 0.6 is 0 Å². The standard InChI is InChI=1S/C16H22N6O3/c1-20-14(8-15(23)21(2)16(20)24)22-7-5-11(9-22)18-12-4-6-17-13(19-12)10-25-3/h4,6,8,11H,5,7,9-10H2,1-3H3,(H,17,18,19)/t11-/m0/s1. The van der Waals surface area contributed by atoms with Crippen molar-refractivity contribution in [2.24, 2.45) is 14.1 Å². The topological polar surface area (TPSA) is 94.3 Å². The second kappa shape index (κ2) is 7.06. The highest BCUT2D eigenvalue weighted by Gasteiger charge is 2.25. The van der Waals surface area contributed by atoms with E-state index in [1.54, 1.807) is 20.4 Å². The number of hydrogen-bond donors (Lipinski definition) is 1. The number of anilines is 2. The molecule has 9 heteroatoms. The summed E-state index contributed by atoms with van der Waals surface area (Å²) in [6, 6.07) is 3.49. The van der Waals surface area contributed by atoms with Crippen LogP contribution in [0.3, 0.4) is 0 Å². The van der Waals surface area contributed by atoms with Gasteiger partial charge >= 0.3 is 5.69 Å². The Balaban J connectivity index is 1.73. The fourth-order valence-corrected chi connectivity index (χ4v) is 3.00. The van der Waals surface area contributed by atoms with Crippen molar-refractivity contribution in [2.45, 2.75) is 19.1 Å². The maximum atomic E-state index is 12.1. The van der Waals surface area contributed by atoms with E-state index in [2.05, 4.69) is 15.3 Å². The van der Waals surface area contributed by atoms with Gasteiger partial charge in [-0.1, -0.05) is 0 Å².